The number of nitrogens with one attached hydrogen (secondary N) is 1. The highest BCUT2D eigenvalue weighted by molar-refractivity contribution is 7.92. The van der Waals surface area contributed by atoms with Crippen LogP contribution in [0.2, 0.25) is 0 Å². The molecule has 4 aromatic rings. The molecule has 0 spiro atoms. The summed E-state index contributed by atoms with van der Waals surface area (Å²) in [6, 6.07) is 18.0. The Labute approximate surface area is 191 Å². The zero-order valence-electron chi connectivity index (χ0n) is 17.0. The summed E-state index contributed by atoms with van der Waals surface area (Å²) in [6.07, 6.45) is -4.77. The third-order valence-electron chi connectivity index (χ3n) is 4.68. The maximum absolute atomic E-state index is 13.3. The lowest BCUT2D eigenvalue weighted by atomic mass is 10.1. The molecule has 0 bridgehead atoms. The molecule has 0 aliphatic carbocycles. The van der Waals surface area contributed by atoms with Crippen molar-refractivity contribution in [3.05, 3.63) is 83.4 Å². The molecule has 0 aliphatic rings. The summed E-state index contributed by atoms with van der Waals surface area (Å²) >= 11 is 1.30. The van der Waals surface area contributed by atoms with E-state index in [1.807, 2.05) is 0 Å². The Balaban J connectivity index is 1.72. The number of carbonyl (C=O) groups excluding carboxylic acids is 1. The van der Waals surface area contributed by atoms with Gasteiger partial charge in [-0.1, -0.05) is 42.5 Å². The lowest BCUT2D eigenvalue weighted by molar-refractivity contribution is -0.141. The summed E-state index contributed by atoms with van der Waals surface area (Å²) in [4.78, 5) is 15.5. The Bertz CT molecular complexity index is 1410. The van der Waals surface area contributed by atoms with Crippen LogP contribution in [0.5, 0.6) is 0 Å². The van der Waals surface area contributed by atoms with Gasteiger partial charge in [0.25, 0.3) is 10.0 Å². The van der Waals surface area contributed by atoms with Crippen molar-refractivity contribution in [2.45, 2.75) is 18.0 Å². The number of ketones is 1. The van der Waals surface area contributed by atoms with Gasteiger partial charge in [0.05, 0.1) is 15.5 Å². The Hall–Kier alpha value is -3.44. The number of benzene rings is 2. The zero-order valence-corrected chi connectivity index (χ0v) is 18.6. The van der Waals surface area contributed by atoms with Crippen LogP contribution in [-0.4, -0.2) is 24.1 Å². The SMILES string of the molecule is CC(=O)c1ccc(-c2ccc(-c3cc(C(F)(F)F)nn3NS(=O)(=O)c3ccccc3)cc2)s1. The average molecular weight is 492 g/mol. The summed E-state index contributed by atoms with van der Waals surface area (Å²) < 4.78 is 65.3. The van der Waals surface area contributed by atoms with E-state index >= 15 is 0 Å². The van der Waals surface area contributed by atoms with Crippen LogP contribution in [0.25, 0.3) is 21.7 Å². The molecular weight excluding hydrogens is 475 g/mol. The van der Waals surface area contributed by atoms with Crippen LogP contribution in [0.1, 0.15) is 22.3 Å². The van der Waals surface area contributed by atoms with Crippen LogP contribution in [-0.2, 0) is 16.2 Å². The largest absolute Gasteiger partial charge is 0.435 e. The normalized spacial score (nSPS) is 12.0. The predicted molar refractivity (Wildman–Crippen MR) is 119 cm³/mol. The molecule has 2 aromatic heterocycles. The quantitative estimate of drug-likeness (QED) is 0.365. The molecule has 0 radical (unpaired) electrons. The standard InChI is InChI=1S/C22H16F3N3O3S2/c1-14(29)19-11-12-20(32-19)16-9-7-15(8-10-16)18-13-21(22(23,24)25)26-28(18)27-33(30,31)17-5-3-2-4-6-17/h2-13,27H,1H3. The van der Waals surface area contributed by atoms with E-state index in [9.17, 15) is 26.4 Å². The van der Waals surface area contributed by atoms with Crippen molar-refractivity contribution < 1.29 is 26.4 Å². The van der Waals surface area contributed by atoms with Gasteiger partial charge in [0, 0.05) is 10.4 Å². The molecule has 33 heavy (non-hydrogen) atoms. The molecule has 0 saturated heterocycles. The number of thiophene rings is 1. The monoisotopic (exact) mass is 491 g/mol. The fraction of sp³-hybridized carbons (Fsp3) is 0.0909. The molecule has 2 aromatic carbocycles. The third-order valence-corrected chi connectivity index (χ3v) is 7.22. The van der Waals surface area contributed by atoms with Crippen molar-refractivity contribution >= 4 is 27.1 Å². The number of hydrogen-bond donors (Lipinski definition) is 1. The zero-order chi connectivity index (χ0) is 23.8. The van der Waals surface area contributed by atoms with Crippen LogP contribution in [0, 0.1) is 0 Å². The number of rotatable bonds is 6. The molecule has 11 heteroatoms. The predicted octanol–water partition coefficient (Wildman–Crippen LogP) is 5.43. The highest BCUT2D eigenvalue weighted by atomic mass is 32.2. The summed E-state index contributed by atoms with van der Waals surface area (Å²) in [5.74, 6) is -0.0582. The van der Waals surface area contributed by atoms with Crippen LogP contribution in [0.15, 0.2) is 77.7 Å². The Morgan fingerprint density at radius 2 is 1.61 bits per heavy atom. The molecule has 0 unspecified atom stereocenters. The van der Waals surface area contributed by atoms with Gasteiger partial charge in [0.15, 0.2) is 11.5 Å². The van der Waals surface area contributed by atoms with Crippen molar-refractivity contribution in [1.82, 2.24) is 9.89 Å². The summed E-state index contributed by atoms with van der Waals surface area (Å²) in [6.45, 7) is 1.47. The minimum Gasteiger partial charge on any atom is -0.294 e. The first-order valence-electron chi connectivity index (χ1n) is 9.51. The smallest absolute Gasteiger partial charge is 0.294 e. The van der Waals surface area contributed by atoms with E-state index < -0.39 is 21.9 Å². The number of aromatic nitrogens is 2. The van der Waals surface area contributed by atoms with Gasteiger partial charge in [-0.2, -0.15) is 31.2 Å². The Kier molecular flexibility index (Phi) is 5.85. The van der Waals surface area contributed by atoms with Gasteiger partial charge >= 0.3 is 6.18 Å². The van der Waals surface area contributed by atoms with E-state index in [-0.39, 0.29) is 16.4 Å². The van der Waals surface area contributed by atoms with Gasteiger partial charge < -0.3 is 0 Å². The third kappa shape index (κ3) is 4.83. The van der Waals surface area contributed by atoms with Gasteiger partial charge in [-0.05, 0) is 42.8 Å². The first-order valence-corrected chi connectivity index (χ1v) is 11.8. The van der Waals surface area contributed by atoms with Gasteiger partial charge in [-0.25, -0.2) is 0 Å². The minimum absolute atomic E-state index is 0.0582. The highest BCUT2D eigenvalue weighted by Gasteiger charge is 2.35. The maximum Gasteiger partial charge on any atom is 0.435 e. The lowest BCUT2D eigenvalue weighted by Crippen LogP contribution is -2.25. The molecule has 6 nitrogen and oxygen atoms in total. The second-order valence-corrected chi connectivity index (χ2v) is 9.77. The van der Waals surface area contributed by atoms with Crippen molar-refractivity contribution in [2.75, 3.05) is 4.83 Å². The van der Waals surface area contributed by atoms with E-state index in [0.717, 1.165) is 16.5 Å². The Morgan fingerprint density at radius 3 is 2.18 bits per heavy atom. The van der Waals surface area contributed by atoms with Crippen molar-refractivity contribution in [3.63, 3.8) is 0 Å². The molecule has 4 rings (SSSR count). The number of Topliss-reactive ketones (excluding diaryl/α,β-unsaturated/α-hetero) is 1. The second-order valence-electron chi connectivity index (χ2n) is 7.03. The van der Waals surface area contributed by atoms with Crippen molar-refractivity contribution in [1.29, 1.82) is 0 Å². The number of nitrogens with zero attached hydrogens (tertiary/aromatic N) is 2. The average Bonchev–Trinajstić information content (AvgIpc) is 3.42. The van der Waals surface area contributed by atoms with E-state index in [0.29, 0.717) is 15.2 Å². The van der Waals surface area contributed by atoms with Gasteiger partial charge in [0.2, 0.25) is 0 Å². The van der Waals surface area contributed by atoms with Crippen LogP contribution in [0.3, 0.4) is 0 Å². The maximum atomic E-state index is 13.3. The minimum atomic E-state index is -4.77. The first kappa shape index (κ1) is 22.7. The summed E-state index contributed by atoms with van der Waals surface area (Å²) in [7, 11) is -4.18. The lowest BCUT2D eigenvalue weighted by Gasteiger charge is -2.11. The number of hydrogen-bond acceptors (Lipinski definition) is 5. The fourth-order valence-electron chi connectivity index (χ4n) is 3.05. The van der Waals surface area contributed by atoms with E-state index in [1.54, 1.807) is 42.5 Å². The molecular formula is C22H16F3N3O3S2. The van der Waals surface area contributed by atoms with E-state index in [2.05, 4.69) is 9.93 Å². The van der Waals surface area contributed by atoms with Gasteiger partial charge in [-0.3, -0.25) is 4.79 Å². The topological polar surface area (TPSA) is 81.1 Å². The van der Waals surface area contributed by atoms with E-state index in [4.69, 9.17) is 0 Å². The van der Waals surface area contributed by atoms with Gasteiger partial charge in [-0.15, -0.1) is 16.4 Å². The number of alkyl halides is 3. The molecule has 0 fully saturated rings. The highest BCUT2D eigenvalue weighted by Crippen LogP contribution is 2.34. The van der Waals surface area contributed by atoms with Crippen LogP contribution in [0.4, 0.5) is 13.2 Å². The van der Waals surface area contributed by atoms with Crippen molar-refractivity contribution in [2.24, 2.45) is 0 Å². The number of carbonyl (C=O) groups is 1. The summed E-state index contributed by atoms with van der Waals surface area (Å²) in [5, 5.41) is 3.44. The van der Waals surface area contributed by atoms with Crippen LogP contribution < -0.4 is 4.83 Å². The molecule has 1 N–H and O–H groups in total. The van der Waals surface area contributed by atoms with E-state index in [1.165, 1.54) is 42.5 Å². The first-order chi connectivity index (χ1) is 15.5. The molecule has 0 atom stereocenters. The molecule has 0 amide bonds. The molecule has 0 saturated carbocycles. The summed E-state index contributed by atoms with van der Waals surface area (Å²) in [5.41, 5.74) is -0.227. The molecule has 2 heterocycles. The fourth-order valence-corrected chi connectivity index (χ4v) is 4.94. The number of halogens is 3. The molecule has 170 valence electrons. The molecule has 0 aliphatic heterocycles. The van der Waals surface area contributed by atoms with Crippen molar-refractivity contribution in [3.8, 4) is 21.7 Å². The number of sulfonamides is 1. The van der Waals surface area contributed by atoms with Gasteiger partial charge in [0.1, 0.15) is 0 Å². The Morgan fingerprint density at radius 1 is 0.970 bits per heavy atom. The second kappa shape index (κ2) is 8.49. The van der Waals surface area contributed by atoms with Crippen LogP contribution >= 0.6 is 11.3 Å².